The maximum Gasteiger partial charge on any atom is 0.130 e. The minimum atomic E-state index is 0.440. The van der Waals surface area contributed by atoms with Crippen LogP contribution in [-0.4, -0.2) is 59.5 Å². The molecule has 146 valence electrons. The van der Waals surface area contributed by atoms with E-state index in [2.05, 4.69) is 25.6 Å². The molecule has 6 nitrogen and oxygen atoms in total. The van der Waals surface area contributed by atoms with Crippen LogP contribution in [0.15, 0.2) is 24.8 Å². The van der Waals surface area contributed by atoms with Gasteiger partial charge in [-0.15, -0.1) is 0 Å². The Morgan fingerprint density at radius 2 is 1.23 bits per heavy atom. The fraction of sp³-hybridized carbons (Fsp3) is 0.600. The Morgan fingerprint density at radius 3 is 1.65 bits per heavy atom. The molecule has 1 aliphatic heterocycles. The molecule has 0 unspecified atom stereocenters. The highest BCUT2D eigenvalue weighted by Crippen LogP contribution is 2.28. The van der Waals surface area contributed by atoms with Crippen LogP contribution >= 0.6 is 0 Å². The average molecular weight is 366 g/mol. The molecule has 1 aromatic carbocycles. The molecule has 2 rings (SSSR count). The molecule has 6 heteroatoms. The van der Waals surface area contributed by atoms with Gasteiger partial charge in [0.25, 0.3) is 0 Å². The van der Waals surface area contributed by atoms with Crippen LogP contribution in [0.25, 0.3) is 0 Å². The summed E-state index contributed by atoms with van der Waals surface area (Å²) in [6.07, 6.45) is 1.73. The molecular formula is C20H30O6. The third-order valence-corrected chi connectivity index (χ3v) is 3.74. The summed E-state index contributed by atoms with van der Waals surface area (Å²) in [5, 5.41) is 0. The lowest BCUT2D eigenvalue weighted by Crippen LogP contribution is -2.14. The maximum atomic E-state index is 5.90. The van der Waals surface area contributed by atoms with Crippen molar-refractivity contribution in [3.8, 4) is 5.75 Å². The van der Waals surface area contributed by atoms with Crippen molar-refractivity contribution in [2.24, 2.45) is 0 Å². The van der Waals surface area contributed by atoms with Crippen LogP contribution in [-0.2, 0) is 36.9 Å². The summed E-state index contributed by atoms with van der Waals surface area (Å²) < 4.78 is 33.8. The van der Waals surface area contributed by atoms with Crippen molar-refractivity contribution in [1.82, 2.24) is 0 Å². The molecule has 0 amide bonds. The second-order valence-electron chi connectivity index (χ2n) is 5.95. The highest BCUT2D eigenvalue weighted by atomic mass is 16.6. The number of fused-ring (bicyclic) bond motifs is 2. The molecular weight excluding hydrogens is 336 g/mol. The number of ether oxygens (including phenoxy) is 6. The summed E-state index contributed by atoms with van der Waals surface area (Å²) >= 11 is 0. The Morgan fingerprint density at radius 1 is 0.808 bits per heavy atom. The molecule has 2 bridgehead atoms. The van der Waals surface area contributed by atoms with Gasteiger partial charge in [-0.25, -0.2) is 0 Å². The van der Waals surface area contributed by atoms with Crippen LogP contribution in [0.4, 0.5) is 0 Å². The number of aryl methyl sites for hydroxylation is 1. The van der Waals surface area contributed by atoms with Gasteiger partial charge in [0, 0.05) is 11.1 Å². The quantitative estimate of drug-likeness (QED) is 0.767. The van der Waals surface area contributed by atoms with E-state index in [-0.39, 0.29) is 0 Å². The van der Waals surface area contributed by atoms with Gasteiger partial charge in [0.2, 0.25) is 0 Å². The zero-order valence-electron chi connectivity index (χ0n) is 15.7. The van der Waals surface area contributed by atoms with Crippen LogP contribution in [0.2, 0.25) is 0 Å². The lowest BCUT2D eigenvalue weighted by molar-refractivity contribution is -0.0148. The largest absolute Gasteiger partial charge is 0.489 e. The van der Waals surface area contributed by atoms with Crippen molar-refractivity contribution in [3.63, 3.8) is 0 Å². The number of benzene rings is 1. The fourth-order valence-corrected chi connectivity index (χ4v) is 2.61. The minimum absolute atomic E-state index is 0.440. The number of hydrogen-bond donors (Lipinski definition) is 0. The first-order chi connectivity index (χ1) is 12.8. The highest BCUT2D eigenvalue weighted by molar-refractivity contribution is 5.44. The predicted octanol–water partition coefficient (Wildman–Crippen LogP) is 2.66. The summed E-state index contributed by atoms with van der Waals surface area (Å²) in [6.45, 7) is 11.5. The van der Waals surface area contributed by atoms with E-state index in [1.807, 2.05) is 0 Å². The minimum Gasteiger partial charge on any atom is -0.489 e. The van der Waals surface area contributed by atoms with E-state index in [0.29, 0.717) is 72.7 Å². The topological polar surface area (TPSA) is 55.4 Å². The first-order valence-electron chi connectivity index (χ1n) is 9.06. The molecule has 1 aromatic rings. The van der Waals surface area contributed by atoms with E-state index in [9.17, 15) is 0 Å². The summed E-state index contributed by atoms with van der Waals surface area (Å²) in [7, 11) is 0. The maximum absolute atomic E-state index is 5.90. The van der Waals surface area contributed by atoms with Gasteiger partial charge in [-0.3, -0.25) is 0 Å². The van der Waals surface area contributed by atoms with Crippen LogP contribution in [0.5, 0.6) is 5.75 Å². The van der Waals surface area contributed by atoms with Crippen LogP contribution < -0.4 is 4.74 Å². The van der Waals surface area contributed by atoms with Crippen molar-refractivity contribution >= 4 is 0 Å². The Bertz CT molecular complexity index is 494. The molecule has 0 aromatic heterocycles. The van der Waals surface area contributed by atoms with Gasteiger partial charge in [0.05, 0.1) is 66.1 Å². The number of hydrogen-bond acceptors (Lipinski definition) is 6. The molecule has 0 atom stereocenters. The van der Waals surface area contributed by atoms with Crippen molar-refractivity contribution in [1.29, 1.82) is 0 Å². The first-order valence-corrected chi connectivity index (χ1v) is 9.06. The summed E-state index contributed by atoms with van der Waals surface area (Å²) in [6, 6.07) is 4.16. The van der Waals surface area contributed by atoms with Gasteiger partial charge in [-0.05, 0) is 6.92 Å². The zero-order valence-corrected chi connectivity index (χ0v) is 15.7. The third-order valence-electron chi connectivity index (χ3n) is 3.74. The van der Waals surface area contributed by atoms with Crippen LogP contribution in [0, 0.1) is 6.92 Å². The van der Waals surface area contributed by atoms with Gasteiger partial charge in [-0.2, -0.15) is 0 Å². The van der Waals surface area contributed by atoms with E-state index in [4.69, 9.17) is 28.4 Å². The van der Waals surface area contributed by atoms with Gasteiger partial charge in [-0.1, -0.05) is 30.4 Å². The normalized spacial score (nSPS) is 18.5. The molecule has 0 aliphatic carbocycles. The molecule has 1 aliphatic rings. The molecule has 0 fully saturated rings. The fourth-order valence-electron chi connectivity index (χ4n) is 2.61. The molecule has 0 saturated carbocycles. The standard InChI is InChI=1S/C20H30O6/c1-3-4-26-20-18-13-17(2)14-19(20)16-25-12-10-23-8-6-21-5-7-22-9-11-24-15-18/h3,13-14H,1,4-12,15-16H2,2H3. The second kappa shape index (κ2) is 12.8. The van der Waals surface area contributed by atoms with E-state index in [1.165, 1.54) is 0 Å². The smallest absolute Gasteiger partial charge is 0.130 e. The summed E-state index contributed by atoms with van der Waals surface area (Å²) in [5.41, 5.74) is 3.16. The van der Waals surface area contributed by atoms with Crippen LogP contribution in [0.1, 0.15) is 16.7 Å². The molecule has 0 N–H and O–H groups in total. The van der Waals surface area contributed by atoms with Crippen molar-refractivity contribution in [3.05, 3.63) is 41.5 Å². The second-order valence-corrected chi connectivity index (χ2v) is 5.95. The number of rotatable bonds is 3. The van der Waals surface area contributed by atoms with Crippen molar-refractivity contribution in [2.75, 3.05) is 59.5 Å². The van der Waals surface area contributed by atoms with Gasteiger partial charge in [0.1, 0.15) is 12.4 Å². The molecule has 0 radical (unpaired) electrons. The third kappa shape index (κ3) is 7.85. The summed E-state index contributed by atoms with van der Waals surface area (Å²) in [4.78, 5) is 0. The predicted molar refractivity (Wildman–Crippen MR) is 98.6 cm³/mol. The lowest BCUT2D eigenvalue weighted by atomic mass is 10.1. The Kier molecular flexibility index (Phi) is 10.3. The van der Waals surface area contributed by atoms with E-state index >= 15 is 0 Å². The highest BCUT2D eigenvalue weighted by Gasteiger charge is 2.12. The molecule has 0 spiro atoms. The van der Waals surface area contributed by atoms with E-state index in [1.54, 1.807) is 6.08 Å². The monoisotopic (exact) mass is 366 g/mol. The zero-order chi connectivity index (χ0) is 18.5. The average Bonchev–Trinajstić information content (AvgIpc) is 2.63. The van der Waals surface area contributed by atoms with Gasteiger partial charge < -0.3 is 28.4 Å². The molecule has 1 heterocycles. The van der Waals surface area contributed by atoms with Crippen molar-refractivity contribution < 1.29 is 28.4 Å². The van der Waals surface area contributed by atoms with E-state index < -0.39 is 0 Å². The lowest BCUT2D eigenvalue weighted by Gasteiger charge is -2.17. The Labute approximate surface area is 156 Å². The Balaban J connectivity index is 2.05. The summed E-state index contributed by atoms with van der Waals surface area (Å²) in [5.74, 6) is 0.812. The van der Waals surface area contributed by atoms with Gasteiger partial charge >= 0.3 is 0 Å². The van der Waals surface area contributed by atoms with E-state index in [0.717, 1.165) is 22.4 Å². The van der Waals surface area contributed by atoms with Crippen LogP contribution in [0.3, 0.4) is 0 Å². The molecule has 26 heavy (non-hydrogen) atoms. The molecule has 0 saturated heterocycles. The van der Waals surface area contributed by atoms with Crippen molar-refractivity contribution in [2.45, 2.75) is 20.1 Å². The SMILES string of the molecule is C=CCOc1c2cc(C)cc1COCCOCCOCCOCCOC2. The first kappa shape index (κ1) is 20.9. The van der Waals surface area contributed by atoms with Gasteiger partial charge in [0.15, 0.2) is 0 Å². The Hall–Kier alpha value is -1.44.